The fourth-order valence-corrected chi connectivity index (χ4v) is 0. The van der Waals surface area contributed by atoms with E-state index in [1.165, 1.54) is 0 Å². The van der Waals surface area contributed by atoms with Crippen LogP contribution >= 0.6 is 0 Å². The second-order valence-corrected chi connectivity index (χ2v) is 27.5. The SMILES string of the molecule is O=[S](=O)([GeH3])[TeH]. The third-order valence-corrected chi connectivity index (χ3v) is 0. The first-order valence-electron chi connectivity index (χ1n) is 0.924. The van der Waals surface area contributed by atoms with Gasteiger partial charge in [-0.05, 0) is 0 Å². The fourth-order valence-electron chi connectivity index (χ4n) is 0. The van der Waals surface area contributed by atoms with Gasteiger partial charge in [0.05, 0.1) is 0 Å². The molecule has 0 fully saturated rings. The first-order chi connectivity index (χ1) is 2.00. The Bertz CT molecular complexity index is 92.8. The Morgan fingerprint density at radius 3 is 1.60 bits per heavy atom. The van der Waals surface area contributed by atoms with Gasteiger partial charge in [0.25, 0.3) is 0 Å². The maximum atomic E-state index is 9.74. The van der Waals surface area contributed by atoms with Gasteiger partial charge in [-0.25, -0.2) is 0 Å². The second-order valence-electron chi connectivity index (χ2n) is 0.733. The van der Waals surface area contributed by atoms with Gasteiger partial charge in [0, 0.05) is 0 Å². The number of hydrogen-bond donors (Lipinski definition) is 0. The predicted molar refractivity (Wildman–Crippen MR) is 26.0 cm³/mol. The molecule has 32 valence electrons. The topological polar surface area (TPSA) is 34.1 Å². The van der Waals surface area contributed by atoms with Crippen molar-refractivity contribution in [3.63, 3.8) is 0 Å². The molecule has 0 aromatic heterocycles. The van der Waals surface area contributed by atoms with Gasteiger partial charge in [-0.1, -0.05) is 0 Å². The van der Waals surface area contributed by atoms with Gasteiger partial charge in [0.2, 0.25) is 0 Å². The van der Waals surface area contributed by atoms with Gasteiger partial charge in [-0.15, -0.1) is 0 Å². The first-order valence-corrected chi connectivity index (χ1v) is 11.0. The molecule has 0 aliphatic heterocycles. The summed E-state index contributed by atoms with van der Waals surface area (Å²) in [4.78, 5) is 0. The molecule has 0 aliphatic carbocycles. The summed E-state index contributed by atoms with van der Waals surface area (Å²) >= 11 is 0.921. The Morgan fingerprint density at radius 1 is 1.60 bits per heavy atom. The summed E-state index contributed by atoms with van der Waals surface area (Å²) in [5.74, 6) is 0. The molecule has 2 nitrogen and oxygen atoms in total. The minimum absolute atomic E-state index is 0.00556. The standard InChI is InChI=1S/GeH4O2STe/c1-4(2,3)5/h1H3,(H,2,3,5). The number of rotatable bonds is 0. The van der Waals surface area contributed by atoms with Gasteiger partial charge in [-0.2, -0.15) is 0 Å². The van der Waals surface area contributed by atoms with Crippen molar-refractivity contribution in [1.29, 1.82) is 0 Å². The van der Waals surface area contributed by atoms with E-state index in [4.69, 9.17) is 0 Å². The van der Waals surface area contributed by atoms with Crippen molar-refractivity contribution in [2.45, 2.75) is 0 Å². The summed E-state index contributed by atoms with van der Waals surface area (Å²) in [7, 11) is 0. The summed E-state index contributed by atoms with van der Waals surface area (Å²) in [6, 6.07) is 0. The van der Waals surface area contributed by atoms with Crippen molar-refractivity contribution in [3.8, 4) is 0 Å². The van der Waals surface area contributed by atoms with Crippen LogP contribution in [0.15, 0.2) is 0 Å². The third kappa shape index (κ3) is 34.6. The minimum atomic E-state index is -2.43. The van der Waals surface area contributed by atoms with E-state index in [0.29, 0.717) is 0 Å². The summed E-state index contributed by atoms with van der Waals surface area (Å²) in [6.45, 7) is 0. The van der Waals surface area contributed by atoms with Gasteiger partial charge in [-0.3, -0.25) is 0 Å². The van der Waals surface area contributed by atoms with Gasteiger partial charge < -0.3 is 0 Å². The molecule has 0 radical (unpaired) electrons. The molecule has 0 aliphatic rings. The van der Waals surface area contributed by atoms with Crippen LogP contribution in [0.2, 0.25) is 0 Å². The molecule has 0 saturated heterocycles. The quantitative estimate of drug-likeness (QED) is 0.455. The zero-order valence-corrected chi connectivity index (χ0v) is 10.2. The normalized spacial score (nSPS) is 12.2. The second kappa shape index (κ2) is 1.83. The molecule has 0 bridgehead atoms. The van der Waals surface area contributed by atoms with Crippen molar-refractivity contribution in [1.82, 2.24) is 0 Å². The van der Waals surface area contributed by atoms with Crippen molar-refractivity contribution in [2.75, 3.05) is 0 Å². The Balaban J connectivity index is 4.06. The van der Waals surface area contributed by atoms with E-state index in [2.05, 4.69) is 0 Å². The summed E-state index contributed by atoms with van der Waals surface area (Å²) in [6.07, 6.45) is 0. The van der Waals surface area contributed by atoms with E-state index in [-0.39, 0.29) is 15.4 Å². The van der Waals surface area contributed by atoms with Crippen LogP contribution in [0.25, 0.3) is 0 Å². The van der Waals surface area contributed by atoms with E-state index in [1.54, 1.807) is 0 Å². The van der Waals surface area contributed by atoms with E-state index < -0.39 is 5.39 Å². The fraction of sp³-hybridized carbons (Fsp3) is 0. The third-order valence-electron chi connectivity index (χ3n) is 0. The zero-order chi connectivity index (χ0) is 4.50. The summed E-state index contributed by atoms with van der Waals surface area (Å²) < 4.78 is 19.5. The maximum absolute atomic E-state index is 9.74. The molecule has 0 saturated carbocycles. The molecule has 0 aromatic rings. The summed E-state index contributed by atoms with van der Waals surface area (Å²) in [5.41, 5.74) is 0. The molecule has 0 N–H and O–H groups in total. The molecule has 5 heteroatoms. The van der Waals surface area contributed by atoms with E-state index in [1.807, 2.05) is 0 Å². The Hall–Kier alpha value is 1.28. The van der Waals surface area contributed by atoms with Gasteiger partial charge >= 0.3 is 50.1 Å². The Morgan fingerprint density at radius 2 is 1.60 bits per heavy atom. The van der Waals surface area contributed by atoms with Crippen LogP contribution in [-0.4, -0.2) is 44.7 Å². The number of hydrogen-bond acceptors (Lipinski definition) is 2. The van der Waals surface area contributed by atoms with Crippen molar-refractivity contribution in [3.05, 3.63) is 0 Å². The average molecular weight is 268 g/mol. The van der Waals surface area contributed by atoms with E-state index in [9.17, 15) is 8.42 Å². The molecule has 5 heavy (non-hydrogen) atoms. The Labute approximate surface area is 49.9 Å². The Kier molecular flexibility index (Phi) is 2.30. The van der Waals surface area contributed by atoms with Crippen molar-refractivity contribution < 1.29 is 8.42 Å². The monoisotopic (exact) mass is 272 g/mol. The summed E-state index contributed by atoms with van der Waals surface area (Å²) in [5, 5.41) is -2.43. The van der Waals surface area contributed by atoms with Crippen LogP contribution in [0.5, 0.6) is 0 Å². The van der Waals surface area contributed by atoms with Crippen LogP contribution in [-0.2, 0) is 5.39 Å². The molecule has 0 rings (SSSR count). The van der Waals surface area contributed by atoms with Crippen molar-refractivity contribution in [2.24, 2.45) is 0 Å². The molecule has 0 heterocycles. The van der Waals surface area contributed by atoms with E-state index in [0.717, 1.165) is 20.9 Å². The van der Waals surface area contributed by atoms with Gasteiger partial charge in [0.1, 0.15) is 0 Å². The van der Waals surface area contributed by atoms with Crippen LogP contribution in [0.1, 0.15) is 0 Å². The first kappa shape index (κ1) is 6.28. The average Bonchev–Trinajstić information content (AvgIpc) is 0.722. The molecule has 0 spiro atoms. The molecule has 0 atom stereocenters. The van der Waals surface area contributed by atoms with Crippen LogP contribution in [0.3, 0.4) is 0 Å². The predicted octanol–water partition coefficient (Wildman–Crippen LogP) is -2.50. The zero-order valence-electron chi connectivity index (χ0n) is 2.67. The van der Waals surface area contributed by atoms with Crippen LogP contribution in [0, 0.1) is 0 Å². The molecule has 0 aromatic carbocycles. The molecule has 0 unspecified atom stereocenters. The van der Waals surface area contributed by atoms with Crippen molar-refractivity contribution >= 4 is 41.7 Å². The molecular weight excluding hydrogens is 264 g/mol. The molecular formula is H4GeO2STe. The van der Waals surface area contributed by atoms with Gasteiger partial charge in [0.15, 0.2) is 0 Å². The molecule has 0 amide bonds. The van der Waals surface area contributed by atoms with Crippen LogP contribution < -0.4 is 0 Å². The van der Waals surface area contributed by atoms with Crippen LogP contribution in [0.4, 0.5) is 0 Å². The van der Waals surface area contributed by atoms with E-state index >= 15 is 0 Å².